The summed E-state index contributed by atoms with van der Waals surface area (Å²) in [5, 5.41) is 14.8. The van der Waals surface area contributed by atoms with Crippen LogP contribution in [0.2, 0.25) is 0 Å². The number of carbonyl (C=O) groups is 4. The number of fused-ring (bicyclic) bond motifs is 2. The maximum absolute atomic E-state index is 13.9. The van der Waals surface area contributed by atoms with E-state index < -0.39 is 23.3 Å². The van der Waals surface area contributed by atoms with Crippen LogP contribution in [-0.4, -0.2) is 89.6 Å². The van der Waals surface area contributed by atoms with Gasteiger partial charge in [-0.25, -0.2) is 19.6 Å². The van der Waals surface area contributed by atoms with E-state index in [2.05, 4.69) is 69.1 Å². The molecular formula is C41H46N8O6. The molecule has 4 atom stereocenters. The minimum absolute atomic E-state index is 0.0684. The van der Waals surface area contributed by atoms with Gasteiger partial charge >= 0.3 is 12.2 Å². The number of H-pyrrole nitrogens is 2. The Bertz CT molecular complexity index is 2120. The molecule has 3 saturated carbocycles. The fraction of sp³-hybridized carbons (Fsp3) is 0.463. The van der Waals surface area contributed by atoms with E-state index in [1.807, 2.05) is 22.2 Å². The van der Waals surface area contributed by atoms with Crippen LogP contribution in [-0.2, 0) is 14.3 Å². The summed E-state index contributed by atoms with van der Waals surface area (Å²) in [5.74, 6) is 1.62. The number of ether oxygens (including phenoxy) is 1. The number of carbonyl (C=O) groups excluding carboxylic acids is 3. The lowest BCUT2D eigenvalue weighted by molar-refractivity contribution is -0.147. The Kier molecular flexibility index (Phi) is 8.65. The van der Waals surface area contributed by atoms with Crippen LogP contribution in [0.5, 0.6) is 0 Å². The lowest BCUT2D eigenvalue weighted by atomic mass is 9.75. The van der Waals surface area contributed by atoms with Crippen LogP contribution < -0.4 is 10.6 Å². The fourth-order valence-corrected chi connectivity index (χ4v) is 9.72. The maximum Gasteiger partial charge on any atom is 0.407 e. The molecule has 5 N–H and O–H groups in total. The molecule has 55 heavy (non-hydrogen) atoms. The van der Waals surface area contributed by atoms with E-state index in [0.717, 1.165) is 90.2 Å². The number of nitrogens with one attached hydrogen (secondary N) is 4. The topological polar surface area (TPSA) is 186 Å². The lowest BCUT2D eigenvalue weighted by Gasteiger charge is -2.46. The number of amides is 4. The van der Waals surface area contributed by atoms with E-state index in [1.54, 1.807) is 0 Å². The normalized spacial score (nSPS) is 24.5. The second-order valence-electron chi connectivity index (χ2n) is 16.0. The van der Waals surface area contributed by atoms with E-state index in [-0.39, 0.29) is 29.9 Å². The van der Waals surface area contributed by atoms with Crippen LogP contribution in [0, 0.1) is 5.92 Å². The zero-order valence-corrected chi connectivity index (χ0v) is 30.8. The third-order valence-electron chi connectivity index (χ3n) is 13.0. The number of hydrogen-bond acceptors (Lipinski definition) is 7. The molecule has 0 radical (unpaired) electrons. The number of rotatable bonds is 9. The van der Waals surface area contributed by atoms with Crippen LogP contribution in [0.25, 0.3) is 33.6 Å². The summed E-state index contributed by atoms with van der Waals surface area (Å²) in [5.41, 5.74) is 3.91. The first-order valence-corrected chi connectivity index (χ1v) is 19.5. The average molecular weight is 747 g/mol. The highest BCUT2D eigenvalue weighted by Gasteiger charge is 2.57. The predicted octanol–water partition coefficient (Wildman–Crippen LogP) is 6.32. The summed E-state index contributed by atoms with van der Waals surface area (Å²) >= 11 is 0. The maximum atomic E-state index is 13.9. The van der Waals surface area contributed by atoms with Crippen molar-refractivity contribution in [2.45, 2.75) is 99.8 Å². The third kappa shape index (κ3) is 6.02. The lowest BCUT2D eigenvalue weighted by Crippen LogP contribution is -2.64. The highest BCUT2D eigenvalue weighted by molar-refractivity contribution is 5.92. The molecule has 5 fully saturated rings. The van der Waals surface area contributed by atoms with Crippen molar-refractivity contribution >= 4 is 24.0 Å². The Balaban J connectivity index is 0.871. The molecule has 4 heterocycles. The first-order valence-electron chi connectivity index (χ1n) is 19.5. The van der Waals surface area contributed by atoms with Gasteiger partial charge in [-0.15, -0.1) is 0 Å². The van der Waals surface area contributed by atoms with Crippen LogP contribution >= 0.6 is 0 Å². The van der Waals surface area contributed by atoms with Gasteiger partial charge in [-0.05, 0) is 98.8 Å². The number of hydrogen-bond donors (Lipinski definition) is 5. The van der Waals surface area contributed by atoms with Gasteiger partial charge in [0.25, 0.3) is 0 Å². The molecule has 4 aromatic rings. The molecule has 2 saturated heterocycles. The van der Waals surface area contributed by atoms with Gasteiger partial charge < -0.3 is 40.2 Å². The Morgan fingerprint density at radius 1 is 0.745 bits per heavy atom. The largest absolute Gasteiger partial charge is 0.465 e. The predicted molar refractivity (Wildman–Crippen MR) is 201 cm³/mol. The van der Waals surface area contributed by atoms with Gasteiger partial charge in [-0.2, -0.15) is 0 Å². The first kappa shape index (κ1) is 35.1. The van der Waals surface area contributed by atoms with Crippen molar-refractivity contribution in [3.8, 4) is 33.6 Å². The summed E-state index contributed by atoms with van der Waals surface area (Å²) in [4.78, 5) is 71.5. The van der Waals surface area contributed by atoms with Crippen molar-refractivity contribution in [2.75, 3.05) is 13.7 Å². The van der Waals surface area contributed by atoms with E-state index >= 15 is 0 Å². The molecule has 2 aliphatic heterocycles. The summed E-state index contributed by atoms with van der Waals surface area (Å²) in [7, 11) is 1.31. The second kappa shape index (κ2) is 13.6. The van der Waals surface area contributed by atoms with Gasteiger partial charge in [0.15, 0.2) is 0 Å². The number of aromatic nitrogens is 4. The summed E-state index contributed by atoms with van der Waals surface area (Å²) in [6.45, 7) is 0.620. The molecule has 5 aliphatic rings. The molecule has 3 aliphatic carbocycles. The van der Waals surface area contributed by atoms with Crippen molar-refractivity contribution < 1.29 is 29.0 Å². The first-order chi connectivity index (χ1) is 26.7. The highest BCUT2D eigenvalue weighted by Crippen LogP contribution is 2.52. The number of alkyl carbamates (subject to hydrolysis) is 1. The second-order valence-corrected chi connectivity index (χ2v) is 16.0. The van der Waals surface area contributed by atoms with E-state index in [9.17, 15) is 24.3 Å². The summed E-state index contributed by atoms with van der Waals surface area (Å²) in [6, 6.07) is 16.3. The Labute approximate surface area is 318 Å². The van der Waals surface area contributed by atoms with Crippen molar-refractivity contribution in [2.24, 2.45) is 5.92 Å². The summed E-state index contributed by atoms with van der Waals surface area (Å²) in [6.07, 6.45) is 10.4. The minimum atomic E-state index is -1.16. The highest BCUT2D eigenvalue weighted by atomic mass is 16.5. The van der Waals surface area contributed by atoms with Crippen LogP contribution in [0.1, 0.15) is 94.4 Å². The molecule has 9 rings (SSSR count). The smallest absolute Gasteiger partial charge is 0.407 e. The molecule has 2 aromatic carbocycles. The Hall–Kier alpha value is -5.66. The van der Waals surface area contributed by atoms with Crippen molar-refractivity contribution in [1.82, 2.24) is 40.4 Å². The number of carboxylic acid groups (broad SMARTS) is 1. The van der Waals surface area contributed by atoms with E-state index in [1.165, 1.54) is 7.11 Å². The molecule has 14 nitrogen and oxygen atoms in total. The minimum Gasteiger partial charge on any atom is -0.465 e. The molecule has 286 valence electrons. The number of likely N-dealkylation sites (tertiary alicyclic amines) is 2. The molecule has 2 bridgehead atoms. The zero-order valence-electron chi connectivity index (χ0n) is 30.8. The van der Waals surface area contributed by atoms with E-state index in [4.69, 9.17) is 14.7 Å². The fourth-order valence-electron chi connectivity index (χ4n) is 9.72. The number of methoxy groups -OCH3 is 1. The number of nitrogens with zero attached hydrogens (tertiary/aromatic N) is 4. The molecule has 0 spiro atoms. The van der Waals surface area contributed by atoms with Gasteiger partial charge in [0.2, 0.25) is 11.8 Å². The monoisotopic (exact) mass is 746 g/mol. The SMILES string of the molecule is COC(=O)NC1(C(=O)N2CCC[C@H]2c2ncc(-c3ccc(-c4ccc(-c5cnc([C@H]6[C@H]7CC[C@@H](C7)N6C(=O)C6(NC(=O)O)CCC6)[nH]5)cc4)cc3)[nH]2)CCC1. The third-order valence-corrected chi connectivity index (χ3v) is 13.0. The van der Waals surface area contributed by atoms with Crippen molar-refractivity contribution in [3.05, 3.63) is 72.6 Å². The van der Waals surface area contributed by atoms with Gasteiger partial charge in [0.1, 0.15) is 22.7 Å². The van der Waals surface area contributed by atoms with Crippen LogP contribution in [0.3, 0.4) is 0 Å². The number of piperidine rings is 1. The molecule has 2 aromatic heterocycles. The van der Waals surface area contributed by atoms with Gasteiger partial charge in [0, 0.05) is 12.6 Å². The number of benzene rings is 2. The number of imidazole rings is 2. The van der Waals surface area contributed by atoms with Gasteiger partial charge in [-0.3, -0.25) is 9.59 Å². The Morgan fingerprint density at radius 2 is 1.31 bits per heavy atom. The van der Waals surface area contributed by atoms with Crippen LogP contribution in [0.4, 0.5) is 9.59 Å². The zero-order chi connectivity index (χ0) is 37.9. The quantitative estimate of drug-likeness (QED) is 0.132. The van der Waals surface area contributed by atoms with Crippen molar-refractivity contribution in [3.63, 3.8) is 0 Å². The number of aromatic amines is 2. The van der Waals surface area contributed by atoms with Crippen LogP contribution in [0.15, 0.2) is 60.9 Å². The molecular weight excluding hydrogens is 701 g/mol. The van der Waals surface area contributed by atoms with E-state index in [0.29, 0.717) is 38.1 Å². The standard InChI is InChI=1S/C41H46N8O6/c1-55-39(54)47-40(16-3-17-40)36(50)48-20-2-5-32(48)34-42-22-30(44-34)26-10-6-24(7-11-26)25-8-12-27(13-9-25)31-23-43-35(45-31)33-28-14-15-29(21-28)49(33)37(51)41(18-4-19-41)46-38(52)53/h6-13,22-23,28-29,32-33,46H,2-5,14-21H2,1H3,(H,42,44)(H,43,45)(H,47,54)(H,52,53)/t28-,29-,32-,33+/m0/s1. The van der Waals surface area contributed by atoms with Gasteiger partial charge in [-0.1, -0.05) is 48.5 Å². The average Bonchev–Trinajstić information content (AvgIpc) is 4.02. The molecule has 14 heteroatoms. The Morgan fingerprint density at radius 3 is 1.87 bits per heavy atom. The molecule has 0 unspecified atom stereocenters. The molecule has 4 amide bonds. The van der Waals surface area contributed by atoms with Crippen molar-refractivity contribution in [1.29, 1.82) is 0 Å². The van der Waals surface area contributed by atoms with Gasteiger partial charge in [0.05, 0.1) is 43.0 Å². The summed E-state index contributed by atoms with van der Waals surface area (Å²) < 4.78 is 4.80.